The second-order valence-corrected chi connectivity index (χ2v) is 9.47. The van der Waals surface area contributed by atoms with Crippen LogP contribution in [0.2, 0.25) is 0 Å². The highest BCUT2D eigenvalue weighted by Gasteiger charge is 2.48. The third kappa shape index (κ3) is 4.56. The standard InChI is InChI=1S/C29H26N2O6S/c1-4-36-19-10-6-17(7-11-19)25-24(26(32)18-8-12-20(13-9-18)37-5-2)27(33)28(34)31(25)29-30-22-15-14-21(35-3)16-23(22)38-29/h6-16,25,32H,4-5H2,1-3H3/t25-/m1/s1. The lowest BCUT2D eigenvalue weighted by molar-refractivity contribution is -0.132. The van der Waals surface area contributed by atoms with Gasteiger partial charge >= 0.3 is 5.91 Å². The molecule has 38 heavy (non-hydrogen) atoms. The Kier molecular flexibility index (Phi) is 7.02. The monoisotopic (exact) mass is 530 g/mol. The number of carbonyl (C=O) groups excluding carboxylic acids is 2. The van der Waals surface area contributed by atoms with E-state index in [0.717, 1.165) is 4.70 Å². The van der Waals surface area contributed by atoms with Gasteiger partial charge < -0.3 is 19.3 Å². The predicted octanol–water partition coefficient (Wildman–Crippen LogP) is 5.73. The molecule has 1 N–H and O–H groups in total. The van der Waals surface area contributed by atoms with E-state index in [4.69, 9.17) is 14.2 Å². The first-order chi connectivity index (χ1) is 18.4. The summed E-state index contributed by atoms with van der Waals surface area (Å²) in [6.07, 6.45) is 0. The lowest BCUT2D eigenvalue weighted by Gasteiger charge is -2.23. The SMILES string of the molecule is CCOc1ccc(C(O)=C2C(=O)C(=O)N(c3nc4ccc(OC)cc4s3)[C@@H]2c2ccc(OCC)cc2)cc1. The van der Waals surface area contributed by atoms with Crippen LogP contribution in [-0.2, 0) is 9.59 Å². The molecule has 0 aliphatic carbocycles. The number of ketones is 1. The van der Waals surface area contributed by atoms with Gasteiger partial charge in [-0.3, -0.25) is 14.5 Å². The molecule has 0 bridgehead atoms. The third-order valence-corrected chi connectivity index (χ3v) is 7.20. The van der Waals surface area contributed by atoms with Crippen molar-refractivity contribution in [1.29, 1.82) is 0 Å². The zero-order chi connectivity index (χ0) is 26.8. The Morgan fingerprint density at radius 2 is 1.53 bits per heavy atom. The van der Waals surface area contributed by atoms with E-state index >= 15 is 0 Å². The third-order valence-electron chi connectivity index (χ3n) is 6.18. The summed E-state index contributed by atoms with van der Waals surface area (Å²) < 4.78 is 17.2. The number of hydrogen-bond donors (Lipinski definition) is 1. The minimum Gasteiger partial charge on any atom is -0.507 e. The number of methoxy groups -OCH3 is 1. The zero-order valence-electron chi connectivity index (χ0n) is 21.1. The number of nitrogens with zero attached hydrogens (tertiary/aromatic N) is 2. The number of rotatable bonds is 8. The molecule has 0 unspecified atom stereocenters. The van der Waals surface area contributed by atoms with Crippen LogP contribution in [0.5, 0.6) is 17.2 Å². The first-order valence-electron chi connectivity index (χ1n) is 12.2. The van der Waals surface area contributed by atoms with E-state index in [1.165, 1.54) is 16.2 Å². The van der Waals surface area contributed by atoms with Crippen molar-refractivity contribution in [3.63, 3.8) is 0 Å². The summed E-state index contributed by atoms with van der Waals surface area (Å²) in [5, 5.41) is 11.7. The minimum atomic E-state index is -0.889. The minimum absolute atomic E-state index is 0.0137. The van der Waals surface area contributed by atoms with E-state index in [-0.39, 0.29) is 11.3 Å². The maximum absolute atomic E-state index is 13.5. The molecule has 4 aromatic rings. The van der Waals surface area contributed by atoms with Gasteiger partial charge in [0, 0.05) is 5.56 Å². The molecule has 5 rings (SSSR count). The molecule has 9 heteroatoms. The quantitative estimate of drug-likeness (QED) is 0.177. The van der Waals surface area contributed by atoms with Crippen molar-refractivity contribution in [2.75, 3.05) is 25.2 Å². The molecule has 2 heterocycles. The summed E-state index contributed by atoms with van der Waals surface area (Å²) in [7, 11) is 1.58. The van der Waals surface area contributed by atoms with E-state index in [2.05, 4.69) is 4.98 Å². The second-order valence-electron chi connectivity index (χ2n) is 8.46. The van der Waals surface area contributed by atoms with Crippen molar-refractivity contribution in [2.24, 2.45) is 0 Å². The number of benzene rings is 3. The summed E-state index contributed by atoms with van der Waals surface area (Å²) >= 11 is 1.27. The molecule has 1 aliphatic heterocycles. The highest BCUT2D eigenvalue weighted by atomic mass is 32.1. The van der Waals surface area contributed by atoms with Crippen molar-refractivity contribution in [3.05, 3.63) is 83.4 Å². The Morgan fingerprint density at radius 1 is 0.921 bits per heavy atom. The van der Waals surface area contributed by atoms with Gasteiger partial charge in [-0.25, -0.2) is 4.98 Å². The Bertz CT molecular complexity index is 1530. The molecule has 194 valence electrons. The molecule has 1 atom stereocenters. The van der Waals surface area contributed by atoms with E-state index in [9.17, 15) is 14.7 Å². The molecule has 3 aromatic carbocycles. The summed E-state index contributed by atoms with van der Waals surface area (Å²) in [5.41, 5.74) is 1.69. The smallest absolute Gasteiger partial charge is 0.301 e. The van der Waals surface area contributed by atoms with Crippen LogP contribution in [0, 0.1) is 0 Å². The fraction of sp³-hybridized carbons (Fsp3) is 0.207. The number of aliphatic hydroxyl groups excluding tert-OH is 1. The predicted molar refractivity (Wildman–Crippen MR) is 146 cm³/mol. The molecular formula is C29H26N2O6S. The molecule has 1 fully saturated rings. The number of aliphatic hydroxyl groups is 1. The van der Waals surface area contributed by atoms with Gasteiger partial charge in [-0.2, -0.15) is 0 Å². The molecule has 1 amide bonds. The van der Waals surface area contributed by atoms with Gasteiger partial charge in [0.25, 0.3) is 5.78 Å². The summed E-state index contributed by atoms with van der Waals surface area (Å²) in [6.45, 7) is 4.78. The topological polar surface area (TPSA) is 98.2 Å². The van der Waals surface area contributed by atoms with Crippen LogP contribution in [0.4, 0.5) is 5.13 Å². The lowest BCUT2D eigenvalue weighted by atomic mass is 9.95. The molecule has 1 aromatic heterocycles. The van der Waals surface area contributed by atoms with Crippen LogP contribution in [0.25, 0.3) is 16.0 Å². The van der Waals surface area contributed by atoms with E-state index in [1.54, 1.807) is 67.8 Å². The molecule has 0 radical (unpaired) electrons. The Morgan fingerprint density at radius 3 is 2.13 bits per heavy atom. The number of carbonyl (C=O) groups is 2. The Labute approximate surface area is 223 Å². The zero-order valence-corrected chi connectivity index (χ0v) is 22.0. The molecule has 1 aliphatic rings. The number of hydrogen-bond acceptors (Lipinski definition) is 8. The molecule has 8 nitrogen and oxygen atoms in total. The fourth-order valence-electron chi connectivity index (χ4n) is 4.41. The fourth-order valence-corrected chi connectivity index (χ4v) is 5.43. The van der Waals surface area contributed by atoms with Gasteiger partial charge in [-0.1, -0.05) is 23.5 Å². The average molecular weight is 531 g/mol. The van der Waals surface area contributed by atoms with Crippen molar-refractivity contribution in [1.82, 2.24) is 4.98 Å². The first kappa shape index (κ1) is 25.3. The van der Waals surface area contributed by atoms with Crippen molar-refractivity contribution in [2.45, 2.75) is 19.9 Å². The number of amides is 1. The highest BCUT2D eigenvalue weighted by molar-refractivity contribution is 7.22. The molecular weight excluding hydrogens is 504 g/mol. The van der Waals surface area contributed by atoms with Crippen LogP contribution in [-0.4, -0.2) is 42.1 Å². The van der Waals surface area contributed by atoms with Gasteiger partial charge in [-0.15, -0.1) is 0 Å². The number of fused-ring (bicyclic) bond motifs is 1. The average Bonchev–Trinajstić information content (AvgIpc) is 3.47. The summed E-state index contributed by atoms with van der Waals surface area (Å²) in [6, 6.07) is 18.4. The van der Waals surface area contributed by atoms with Crippen molar-refractivity contribution >= 4 is 44.1 Å². The normalized spacial score (nSPS) is 16.7. The maximum Gasteiger partial charge on any atom is 0.301 e. The molecule has 1 saturated heterocycles. The Balaban J connectivity index is 1.66. The number of thiazole rings is 1. The number of aromatic nitrogens is 1. The second kappa shape index (κ2) is 10.5. The van der Waals surface area contributed by atoms with Gasteiger partial charge in [-0.05, 0) is 74.0 Å². The van der Waals surface area contributed by atoms with Crippen LogP contribution >= 0.6 is 11.3 Å². The van der Waals surface area contributed by atoms with Crippen LogP contribution in [0.3, 0.4) is 0 Å². The number of ether oxygens (including phenoxy) is 3. The lowest BCUT2D eigenvalue weighted by Crippen LogP contribution is -2.29. The van der Waals surface area contributed by atoms with Crippen molar-refractivity contribution in [3.8, 4) is 17.2 Å². The van der Waals surface area contributed by atoms with Gasteiger partial charge in [0.1, 0.15) is 23.0 Å². The summed E-state index contributed by atoms with van der Waals surface area (Å²) in [5.74, 6) is 0.141. The number of anilines is 1. The largest absolute Gasteiger partial charge is 0.507 e. The van der Waals surface area contributed by atoms with E-state index in [0.29, 0.717) is 52.2 Å². The highest BCUT2D eigenvalue weighted by Crippen LogP contribution is 2.45. The van der Waals surface area contributed by atoms with Crippen LogP contribution < -0.4 is 19.1 Å². The van der Waals surface area contributed by atoms with Crippen LogP contribution in [0.15, 0.2) is 72.3 Å². The molecule has 0 saturated carbocycles. The van der Waals surface area contributed by atoms with Gasteiger partial charge in [0.05, 0.1) is 42.2 Å². The van der Waals surface area contributed by atoms with E-state index in [1.807, 2.05) is 19.9 Å². The van der Waals surface area contributed by atoms with Crippen LogP contribution in [0.1, 0.15) is 31.0 Å². The van der Waals surface area contributed by atoms with Gasteiger partial charge in [0.15, 0.2) is 5.13 Å². The Hall–Kier alpha value is -4.37. The summed E-state index contributed by atoms with van der Waals surface area (Å²) in [4.78, 5) is 32.9. The van der Waals surface area contributed by atoms with E-state index < -0.39 is 17.7 Å². The first-order valence-corrected chi connectivity index (χ1v) is 13.0. The maximum atomic E-state index is 13.5. The molecule has 0 spiro atoms. The number of Topliss-reactive ketones (excluding diaryl/α,β-unsaturated/α-hetero) is 1. The van der Waals surface area contributed by atoms with Gasteiger partial charge in [0.2, 0.25) is 0 Å². The van der Waals surface area contributed by atoms with Crippen molar-refractivity contribution < 1.29 is 28.9 Å².